The number of amides is 2. The highest BCUT2D eigenvalue weighted by Crippen LogP contribution is 2.26. The SMILES string of the molecule is Cc1cc(N2CCC(NC(=O)Nc3c(C)cc(N(C)C)cc3C)CC2)nc(C)n1. The molecule has 1 aromatic heterocycles. The second-order valence-corrected chi connectivity index (χ2v) is 8.12. The van der Waals surface area contributed by atoms with Crippen molar-refractivity contribution in [3.63, 3.8) is 0 Å². The number of nitrogens with one attached hydrogen (secondary N) is 2. The van der Waals surface area contributed by atoms with E-state index in [1.165, 1.54) is 0 Å². The molecular formula is C22H32N6O. The predicted molar refractivity (Wildman–Crippen MR) is 119 cm³/mol. The molecule has 7 nitrogen and oxygen atoms in total. The molecule has 0 saturated carbocycles. The van der Waals surface area contributed by atoms with Gasteiger partial charge in [0.1, 0.15) is 11.6 Å². The molecule has 3 rings (SSSR count). The molecule has 1 aliphatic heterocycles. The molecular weight excluding hydrogens is 364 g/mol. The first-order valence-corrected chi connectivity index (χ1v) is 10.2. The summed E-state index contributed by atoms with van der Waals surface area (Å²) in [5.74, 6) is 1.77. The zero-order chi connectivity index (χ0) is 21.1. The maximum atomic E-state index is 12.6. The Balaban J connectivity index is 1.56. The molecule has 2 N–H and O–H groups in total. The average molecular weight is 397 g/mol. The van der Waals surface area contributed by atoms with Crippen molar-refractivity contribution in [1.82, 2.24) is 15.3 Å². The highest BCUT2D eigenvalue weighted by molar-refractivity contribution is 5.91. The molecule has 1 fully saturated rings. The lowest BCUT2D eigenvalue weighted by Crippen LogP contribution is -2.46. The number of hydrogen-bond donors (Lipinski definition) is 2. The maximum absolute atomic E-state index is 12.6. The fourth-order valence-electron chi connectivity index (χ4n) is 3.84. The smallest absolute Gasteiger partial charge is 0.319 e. The molecule has 1 aliphatic rings. The first-order chi connectivity index (χ1) is 13.7. The Hall–Kier alpha value is -2.83. The molecule has 1 aromatic carbocycles. The van der Waals surface area contributed by atoms with Crippen LogP contribution in [0.25, 0.3) is 0 Å². The van der Waals surface area contributed by atoms with Crippen LogP contribution in [0.2, 0.25) is 0 Å². The number of anilines is 3. The minimum atomic E-state index is -0.138. The van der Waals surface area contributed by atoms with E-state index < -0.39 is 0 Å². The van der Waals surface area contributed by atoms with E-state index in [1.807, 2.05) is 47.9 Å². The molecule has 0 radical (unpaired) electrons. The summed E-state index contributed by atoms with van der Waals surface area (Å²) in [7, 11) is 4.04. The number of carbonyl (C=O) groups excluding carboxylic acids is 1. The van der Waals surface area contributed by atoms with E-state index in [0.717, 1.165) is 65.8 Å². The fraction of sp³-hybridized carbons (Fsp3) is 0.500. The van der Waals surface area contributed by atoms with Gasteiger partial charge in [0.15, 0.2) is 0 Å². The lowest BCUT2D eigenvalue weighted by atomic mass is 10.0. The summed E-state index contributed by atoms with van der Waals surface area (Å²) in [6.45, 7) is 9.71. The summed E-state index contributed by atoms with van der Waals surface area (Å²) < 4.78 is 0. The summed E-state index contributed by atoms with van der Waals surface area (Å²) in [5, 5.41) is 6.18. The monoisotopic (exact) mass is 396 g/mol. The molecule has 0 bridgehead atoms. The van der Waals surface area contributed by atoms with E-state index in [1.54, 1.807) is 0 Å². The molecule has 0 spiro atoms. The number of piperidine rings is 1. The number of benzene rings is 1. The number of nitrogens with zero attached hydrogens (tertiary/aromatic N) is 4. The minimum absolute atomic E-state index is 0.138. The summed E-state index contributed by atoms with van der Waals surface area (Å²) in [6, 6.07) is 6.23. The Morgan fingerprint density at radius 2 is 1.66 bits per heavy atom. The predicted octanol–water partition coefficient (Wildman–Crippen LogP) is 3.57. The van der Waals surface area contributed by atoms with E-state index in [9.17, 15) is 4.79 Å². The normalized spacial score (nSPS) is 14.6. The Kier molecular flexibility index (Phi) is 6.25. The first-order valence-electron chi connectivity index (χ1n) is 10.2. The van der Waals surface area contributed by atoms with Crippen molar-refractivity contribution in [2.24, 2.45) is 0 Å². The highest BCUT2D eigenvalue weighted by Gasteiger charge is 2.22. The molecule has 1 saturated heterocycles. The molecule has 0 unspecified atom stereocenters. The van der Waals surface area contributed by atoms with Crippen LogP contribution in [0.3, 0.4) is 0 Å². The van der Waals surface area contributed by atoms with Crippen LogP contribution in [-0.2, 0) is 0 Å². The molecule has 156 valence electrons. The standard InChI is InChI=1S/C22H32N6O/c1-14-11-19(27(5)6)12-15(2)21(14)26-22(29)25-18-7-9-28(10-8-18)20-13-16(3)23-17(4)24-20/h11-13,18H,7-10H2,1-6H3,(H2,25,26,29). The van der Waals surface area contributed by atoms with E-state index in [0.29, 0.717) is 0 Å². The Bertz CT molecular complexity index is 844. The summed E-state index contributed by atoms with van der Waals surface area (Å²) in [6.07, 6.45) is 1.79. The van der Waals surface area contributed by atoms with Crippen LogP contribution in [0.4, 0.5) is 22.0 Å². The van der Waals surface area contributed by atoms with Gasteiger partial charge in [-0.2, -0.15) is 0 Å². The van der Waals surface area contributed by atoms with Crippen molar-refractivity contribution in [3.05, 3.63) is 40.8 Å². The van der Waals surface area contributed by atoms with Crippen molar-refractivity contribution in [3.8, 4) is 0 Å². The van der Waals surface area contributed by atoms with Gasteiger partial charge in [-0.05, 0) is 63.8 Å². The van der Waals surface area contributed by atoms with E-state index in [-0.39, 0.29) is 12.1 Å². The largest absolute Gasteiger partial charge is 0.378 e. The molecule has 2 heterocycles. The number of aryl methyl sites for hydroxylation is 4. The highest BCUT2D eigenvalue weighted by atomic mass is 16.2. The van der Waals surface area contributed by atoms with Gasteiger partial charge in [0, 0.05) is 56.4 Å². The number of aromatic nitrogens is 2. The zero-order valence-corrected chi connectivity index (χ0v) is 18.3. The van der Waals surface area contributed by atoms with Gasteiger partial charge in [-0.15, -0.1) is 0 Å². The van der Waals surface area contributed by atoms with Crippen LogP contribution in [0.1, 0.15) is 35.5 Å². The molecule has 0 aliphatic carbocycles. The van der Waals surface area contributed by atoms with E-state index in [2.05, 4.69) is 42.5 Å². The first kappa shape index (κ1) is 20.9. The number of hydrogen-bond acceptors (Lipinski definition) is 5. The lowest BCUT2D eigenvalue weighted by Gasteiger charge is -2.33. The number of rotatable bonds is 4. The summed E-state index contributed by atoms with van der Waals surface area (Å²) >= 11 is 0. The Labute approximate surface area is 173 Å². The van der Waals surface area contributed by atoms with Gasteiger partial charge in [0.25, 0.3) is 0 Å². The maximum Gasteiger partial charge on any atom is 0.319 e. The summed E-state index contributed by atoms with van der Waals surface area (Å²) in [5.41, 5.74) is 5.13. The number of urea groups is 1. The van der Waals surface area contributed by atoms with Crippen molar-refractivity contribution in [2.45, 2.75) is 46.6 Å². The van der Waals surface area contributed by atoms with Gasteiger partial charge in [-0.25, -0.2) is 14.8 Å². The Morgan fingerprint density at radius 3 is 2.21 bits per heavy atom. The molecule has 2 aromatic rings. The topological polar surface area (TPSA) is 73.4 Å². The lowest BCUT2D eigenvalue weighted by molar-refractivity contribution is 0.246. The van der Waals surface area contributed by atoms with Crippen molar-refractivity contribution in [2.75, 3.05) is 42.3 Å². The second-order valence-electron chi connectivity index (χ2n) is 8.12. The van der Waals surface area contributed by atoms with Crippen LogP contribution in [0, 0.1) is 27.7 Å². The average Bonchev–Trinajstić information content (AvgIpc) is 2.64. The van der Waals surface area contributed by atoms with Gasteiger partial charge < -0.3 is 20.4 Å². The molecule has 7 heteroatoms. The van der Waals surface area contributed by atoms with Gasteiger partial charge >= 0.3 is 6.03 Å². The second kappa shape index (κ2) is 8.68. The van der Waals surface area contributed by atoms with Crippen molar-refractivity contribution < 1.29 is 4.79 Å². The molecule has 0 atom stereocenters. The van der Waals surface area contributed by atoms with E-state index >= 15 is 0 Å². The van der Waals surface area contributed by atoms with Gasteiger partial charge in [-0.1, -0.05) is 0 Å². The van der Waals surface area contributed by atoms with Crippen molar-refractivity contribution >= 4 is 23.2 Å². The fourth-order valence-corrected chi connectivity index (χ4v) is 3.84. The van der Waals surface area contributed by atoms with Crippen LogP contribution in [0.5, 0.6) is 0 Å². The zero-order valence-electron chi connectivity index (χ0n) is 18.3. The van der Waals surface area contributed by atoms with Crippen LogP contribution < -0.4 is 20.4 Å². The van der Waals surface area contributed by atoms with Crippen LogP contribution >= 0.6 is 0 Å². The Morgan fingerprint density at radius 1 is 1.03 bits per heavy atom. The molecule has 29 heavy (non-hydrogen) atoms. The van der Waals surface area contributed by atoms with Gasteiger partial charge in [0.2, 0.25) is 0 Å². The molecule has 2 amide bonds. The van der Waals surface area contributed by atoms with Crippen LogP contribution in [0.15, 0.2) is 18.2 Å². The van der Waals surface area contributed by atoms with Gasteiger partial charge in [0.05, 0.1) is 0 Å². The third kappa shape index (κ3) is 5.16. The third-order valence-corrected chi connectivity index (χ3v) is 5.38. The third-order valence-electron chi connectivity index (χ3n) is 5.38. The minimum Gasteiger partial charge on any atom is -0.378 e. The van der Waals surface area contributed by atoms with E-state index in [4.69, 9.17) is 0 Å². The summed E-state index contributed by atoms with van der Waals surface area (Å²) in [4.78, 5) is 25.8. The van der Waals surface area contributed by atoms with Gasteiger partial charge in [-0.3, -0.25) is 0 Å². The van der Waals surface area contributed by atoms with Crippen molar-refractivity contribution in [1.29, 1.82) is 0 Å². The quantitative estimate of drug-likeness (QED) is 0.827. The number of carbonyl (C=O) groups is 1. The van der Waals surface area contributed by atoms with Crippen LogP contribution in [-0.4, -0.2) is 49.2 Å².